The average Bonchev–Trinajstić information content (AvgIpc) is 2.90. The molecule has 1 unspecified atom stereocenters. The molecule has 0 aliphatic heterocycles. The van der Waals surface area contributed by atoms with Crippen LogP contribution >= 0.6 is 11.3 Å². The van der Waals surface area contributed by atoms with Gasteiger partial charge in [-0.2, -0.15) is 16.3 Å². The van der Waals surface area contributed by atoms with E-state index >= 15 is 0 Å². The van der Waals surface area contributed by atoms with Gasteiger partial charge in [0.1, 0.15) is 0 Å². The zero-order chi connectivity index (χ0) is 14.5. The van der Waals surface area contributed by atoms with Gasteiger partial charge in [-0.15, -0.1) is 0 Å². The number of rotatable bonds is 6. The lowest BCUT2D eigenvalue weighted by Gasteiger charge is -2.14. The van der Waals surface area contributed by atoms with Crippen LogP contribution < -0.4 is 10.1 Å². The van der Waals surface area contributed by atoms with Gasteiger partial charge in [0.2, 0.25) is 11.7 Å². The molecule has 1 N–H and O–H groups in total. The van der Waals surface area contributed by atoms with E-state index in [0.717, 1.165) is 6.42 Å². The molecule has 7 heteroatoms. The maximum absolute atomic E-state index is 11.0. The first-order chi connectivity index (χ1) is 9.60. The van der Waals surface area contributed by atoms with Gasteiger partial charge in [0, 0.05) is 18.2 Å². The highest BCUT2D eigenvalue weighted by atomic mass is 32.1. The molecule has 0 fully saturated rings. The zero-order valence-electron chi connectivity index (χ0n) is 11.2. The molecule has 0 spiro atoms. The van der Waals surface area contributed by atoms with Crippen molar-refractivity contribution < 1.29 is 9.66 Å². The molecule has 0 saturated carbocycles. The van der Waals surface area contributed by atoms with Crippen molar-refractivity contribution in [2.24, 2.45) is 0 Å². The Labute approximate surface area is 120 Å². The lowest BCUT2D eigenvalue weighted by molar-refractivity contribution is -0.384. The molecular formula is C13H15N3O3S. The minimum Gasteiger partial charge on any atom is -0.481 e. The second kappa shape index (κ2) is 6.33. The first-order valence-corrected chi connectivity index (χ1v) is 7.01. The van der Waals surface area contributed by atoms with Crippen molar-refractivity contribution in [3.05, 3.63) is 44.6 Å². The van der Waals surface area contributed by atoms with Gasteiger partial charge in [0.25, 0.3) is 0 Å². The molecule has 2 aromatic heterocycles. The smallest absolute Gasteiger partial charge is 0.311 e. The summed E-state index contributed by atoms with van der Waals surface area (Å²) in [4.78, 5) is 14.7. The molecule has 1 atom stereocenters. The number of nitrogens with zero attached hydrogens (tertiary/aromatic N) is 2. The molecular weight excluding hydrogens is 278 g/mol. The van der Waals surface area contributed by atoms with E-state index in [4.69, 9.17) is 4.74 Å². The van der Waals surface area contributed by atoms with Crippen LogP contribution in [0.4, 0.5) is 11.5 Å². The summed E-state index contributed by atoms with van der Waals surface area (Å²) in [6.45, 7) is 1.96. The quantitative estimate of drug-likeness (QED) is 0.654. The second-order valence-electron chi connectivity index (χ2n) is 4.36. The molecule has 106 valence electrons. The molecule has 2 heterocycles. The van der Waals surface area contributed by atoms with Crippen molar-refractivity contribution in [1.29, 1.82) is 0 Å². The Morgan fingerprint density at radius 3 is 2.90 bits per heavy atom. The fourth-order valence-electron chi connectivity index (χ4n) is 1.85. The predicted octanol–water partition coefficient (Wildman–Crippen LogP) is 3.10. The number of methoxy groups -OCH3 is 1. The van der Waals surface area contributed by atoms with E-state index in [0.29, 0.717) is 5.88 Å². The third kappa shape index (κ3) is 3.45. The summed E-state index contributed by atoms with van der Waals surface area (Å²) in [5.74, 6) is 0.581. The molecule has 0 radical (unpaired) electrons. The monoisotopic (exact) mass is 293 g/mol. The second-order valence-corrected chi connectivity index (χ2v) is 5.14. The van der Waals surface area contributed by atoms with Crippen molar-refractivity contribution in [2.75, 3.05) is 12.4 Å². The van der Waals surface area contributed by atoms with Crippen LogP contribution in [0.25, 0.3) is 0 Å². The topological polar surface area (TPSA) is 77.3 Å². The van der Waals surface area contributed by atoms with Crippen LogP contribution in [0.1, 0.15) is 12.5 Å². The van der Waals surface area contributed by atoms with Crippen LogP contribution in [0, 0.1) is 10.1 Å². The largest absolute Gasteiger partial charge is 0.481 e. The first-order valence-electron chi connectivity index (χ1n) is 6.07. The van der Waals surface area contributed by atoms with Gasteiger partial charge in [-0.25, -0.2) is 0 Å². The number of hydrogen-bond acceptors (Lipinski definition) is 6. The molecule has 2 aromatic rings. The van der Waals surface area contributed by atoms with Crippen LogP contribution in [-0.4, -0.2) is 23.1 Å². The van der Waals surface area contributed by atoms with E-state index in [1.54, 1.807) is 11.3 Å². The third-order valence-corrected chi connectivity index (χ3v) is 3.49. The maximum atomic E-state index is 11.0. The highest BCUT2D eigenvalue weighted by Crippen LogP contribution is 2.26. The zero-order valence-corrected chi connectivity index (χ0v) is 12.0. The average molecular weight is 293 g/mol. The van der Waals surface area contributed by atoms with Crippen molar-refractivity contribution >= 4 is 22.8 Å². The number of anilines is 1. The van der Waals surface area contributed by atoms with Crippen molar-refractivity contribution in [3.63, 3.8) is 0 Å². The summed E-state index contributed by atoms with van der Waals surface area (Å²) in [5.41, 5.74) is 1.14. The molecule has 6 nitrogen and oxygen atoms in total. The molecule has 0 aliphatic rings. The van der Waals surface area contributed by atoms with E-state index in [-0.39, 0.29) is 17.5 Å². The maximum Gasteiger partial charge on any atom is 0.311 e. The summed E-state index contributed by atoms with van der Waals surface area (Å²) in [6, 6.07) is 4.94. The first kappa shape index (κ1) is 14.3. The standard InChI is InChI=1S/C13H15N3O3S/c1-9(7-10-5-6-20-8-10)14-13-11(16(17)18)3-4-12(15-13)19-2/h3-6,8-9H,7H2,1-2H3,(H,14,15). The Morgan fingerprint density at radius 1 is 1.50 bits per heavy atom. The Balaban J connectivity index is 2.16. The van der Waals surface area contributed by atoms with Gasteiger partial charge >= 0.3 is 5.69 Å². The van der Waals surface area contributed by atoms with Crippen molar-refractivity contribution in [3.8, 4) is 5.88 Å². The number of ether oxygens (including phenoxy) is 1. The van der Waals surface area contributed by atoms with Crippen LogP contribution in [-0.2, 0) is 6.42 Å². The normalized spacial score (nSPS) is 11.9. The van der Waals surface area contributed by atoms with E-state index in [9.17, 15) is 10.1 Å². The van der Waals surface area contributed by atoms with Gasteiger partial charge < -0.3 is 10.1 Å². The van der Waals surface area contributed by atoms with E-state index in [1.807, 2.05) is 18.4 Å². The molecule has 0 amide bonds. The fraction of sp³-hybridized carbons (Fsp3) is 0.308. The van der Waals surface area contributed by atoms with Gasteiger partial charge in [0.05, 0.1) is 12.0 Å². The summed E-state index contributed by atoms with van der Waals surface area (Å²) < 4.78 is 5.00. The third-order valence-electron chi connectivity index (χ3n) is 2.76. The summed E-state index contributed by atoms with van der Waals surface area (Å²) in [5, 5.41) is 18.2. The molecule has 0 saturated heterocycles. The highest BCUT2D eigenvalue weighted by Gasteiger charge is 2.18. The molecule has 0 bridgehead atoms. The summed E-state index contributed by atoms with van der Waals surface area (Å²) >= 11 is 1.63. The lowest BCUT2D eigenvalue weighted by atomic mass is 10.1. The van der Waals surface area contributed by atoms with Crippen LogP contribution in [0.15, 0.2) is 29.0 Å². The van der Waals surface area contributed by atoms with Crippen molar-refractivity contribution in [2.45, 2.75) is 19.4 Å². The number of pyridine rings is 1. The molecule has 2 rings (SSSR count). The number of thiophene rings is 1. The van der Waals surface area contributed by atoms with E-state index in [2.05, 4.69) is 15.7 Å². The van der Waals surface area contributed by atoms with E-state index < -0.39 is 4.92 Å². The number of aromatic nitrogens is 1. The highest BCUT2D eigenvalue weighted by molar-refractivity contribution is 7.07. The Hall–Kier alpha value is -2.15. The van der Waals surface area contributed by atoms with Gasteiger partial charge in [-0.05, 0) is 35.7 Å². The van der Waals surface area contributed by atoms with Gasteiger partial charge in [-0.1, -0.05) is 0 Å². The molecule has 0 aliphatic carbocycles. The minimum atomic E-state index is -0.452. The predicted molar refractivity (Wildman–Crippen MR) is 78.6 cm³/mol. The van der Waals surface area contributed by atoms with E-state index in [1.165, 1.54) is 24.8 Å². The summed E-state index contributed by atoms with van der Waals surface area (Å²) in [7, 11) is 1.48. The number of nitrogens with one attached hydrogen (secondary N) is 1. The van der Waals surface area contributed by atoms with Crippen molar-refractivity contribution in [1.82, 2.24) is 4.98 Å². The minimum absolute atomic E-state index is 0.0305. The Bertz CT molecular complexity index is 587. The summed E-state index contributed by atoms with van der Waals surface area (Å²) in [6.07, 6.45) is 0.777. The number of hydrogen-bond donors (Lipinski definition) is 1. The molecule has 20 heavy (non-hydrogen) atoms. The van der Waals surface area contributed by atoms with Gasteiger partial charge in [-0.3, -0.25) is 10.1 Å². The Kier molecular flexibility index (Phi) is 4.52. The number of nitro groups is 1. The molecule has 0 aromatic carbocycles. The van der Waals surface area contributed by atoms with Crippen LogP contribution in [0.3, 0.4) is 0 Å². The fourth-order valence-corrected chi connectivity index (χ4v) is 2.53. The Morgan fingerprint density at radius 2 is 2.30 bits per heavy atom. The van der Waals surface area contributed by atoms with Gasteiger partial charge in [0.15, 0.2) is 0 Å². The lowest BCUT2D eigenvalue weighted by Crippen LogP contribution is -2.19. The van der Waals surface area contributed by atoms with Crippen LogP contribution in [0.2, 0.25) is 0 Å². The van der Waals surface area contributed by atoms with Crippen LogP contribution in [0.5, 0.6) is 5.88 Å². The SMILES string of the molecule is COc1ccc([N+](=O)[O-])c(NC(C)Cc2ccsc2)n1.